The van der Waals surface area contributed by atoms with Crippen LogP contribution in [-0.4, -0.2) is 61.0 Å². The van der Waals surface area contributed by atoms with Gasteiger partial charge < -0.3 is 14.5 Å². The molecule has 1 unspecified atom stereocenters. The van der Waals surface area contributed by atoms with Gasteiger partial charge in [0.2, 0.25) is 11.8 Å². The van der Waals surface area contributed by atoms with E-state index in [0.29, 0.717) is 39.3 Å². The van der Waals surface area contributed by atoms with Gasteiger partial charge in [-0.15, -0.1) is 0 Å². The minimum Gasteiger partial charge on any atom is -0.378 e. The molecule has 2 aliphatic heterocycles. The standard InChI is InChI=1S/C19H26N2O3/c1-15-5-2-3-6-16(15)13-18(22)21-8-4-7-17(14-21)19(23)20-9-11-24-12-10-20/h2-3,5-6,17H,4,7-14H2,1H3. The molecule has 1 atom stereocenters. The van der Waals surface area contributed by atoms with Crippen molar-refractivity contribution < 1.29 is 14.3 Å². The van der Waals surface area contributed by atoms with Crippen LogP contribution in [0.3, 0.4) is 0 Å². The summed E-state index contributed by atoms with van der Waals surface area (Å²) in [5.74, 6) is 0.258. The minimum atomic E-state index is -0.0577. The Bertz CT molecular complexity index is 596. The Morgan fingerprint density at radius 3 is 2.62 bits per heavy atom. The first-order valence-corrected chi connectivity index (χ1v) is 8.84. The van der Waals surface area contributed by atoms with Crippen LogP contribution in [0.4, 0.5) is 0 Å². The van der Waals surface area contributed by atoms with Crippen molar-refractivity contribution in [1.82, 2.24) is 9.80 Å². The van der Waals surface area contributed by atoms with Crippen LogP contribution in [0.1, 0.15) is 24.0 Å². The zero-order valence-corrected chi connectivity index (χ0v) is 14.4. The molecule has 0 N–H and O–H groups in total. The Hall–Kier alpha value is -1.88. The summed E-state index contributed by atoms with van der Waals surface area (Å²) in [6.07, 6.45) is 2.20. The number of amides is 2. The number of aryl methyl sites for hydroxylation is 1. The summed E-state index contributed by atoms with van der Waals surface area (Å²) < 4.78 is 5.32. The van der Waals surface area contributed by atoms with Crippen molar-refractivity contribution in [3.8, 4) is 0 Å². The molecule has 5 nitrogen and oxygen atoms in total. The number of carbonyl (C=O) groups excluding carboxylic acids is 2. The van der Waals surface area contributed by atoms with Crippen LogP contribution in [0.2, 0.25) is 0 Å². The molecule has 2 fully saturated rings. The first-order valence-electron chi connectivity index (χ1n) is 8.84. The predicted molar refractivity (Wildman–Crippen MR) is 91.6 cm³/mol. The Labute approximate surface area is 143 Å². The second-order valence-corrected chi connectivity index (χ2v) is 6.72. The van der Waals surface area contributed by atoms with Crippen LogP contribution < -0.4 is 0 Å². The Morgan fingerprint density at radius 2 is 1.88 bits per heavy atom. The van der Waals surface area contributed by atoms with Gasteiger partial charge in [-0.3, -0.25) is 9.59 Å². The smallest absolute Gasteiger partial charge is 0.227 e. The highest BCUT2D eigenvalue weighted by Crippen LogP contribution is 2.21. The molecule has 24 heavy (non-hydrogen) atoms. The van der Waals surface area contributed by atoms with Gasteiger partial charge in [0, 0.05) is 26.2 Å². The topological polar surface area (TPSA) is 49.9 Å². The quantitative estimate of drug-likeness (QED) is 0.846. The second-order valence-electron chi connectivity index (χ2n) is 6.72. The van der Waals surface area contributed by atoms with Gasteiger partial charge >= 0.3 is 0 Å². The van der Waals surface area contributed by atoms with Crippen LogP contribution >= 0.6 is 0 Å². The minimum absolute atomic E-state index is 0.0577. The highest BCUT2D eigenvalue weighted by atomic mass is 16.5. The van der Waals surface area contributed by atoms with E-state index in [1.165, 1.54) is 0 Å². The predicted octanol–water partition coefficient (Wildman–Crippen LogP) is 1.63. The van der Waals surface area contributed by atoms with Crippen molar-refractivity contribution in [2.75, 3.05) is 39.4 Å². The number of benzene rings is 1. The summed E-state index contributed by atoms with van der Waals surface area (Å²) >= 11 is 0. The summed E-state index contributed by atoms with van der Waals surface area (Å²) in [7, 11) is 0. The second kappa shape index (κ2) is 7.79. The fourth-order valence-electron chi connectivity index (χ4n) is 3.53. The number of nitrogens with zero attached hydrogens (tertiary/aromatic N) is 2. The maximum absolute atomic E-state index is 12.7. The molecule has 2 aliphatic rings. The van der Waals surface area contributed by atoms with Gasteiger partial charge in [-0.2, -0.15) is 0 Å². The van der Waals surface area contributed by atoms with Crippen molar-refractivity contribution in [3.05, 3.63) is 35.4 Å². The van der Waals surface area contributed by atoms with Crippen molar-refractivity contribution in [2.45, 2.75) is 26.2 Å². The van der Waals surface area contributed by atoms with Crippen LogP contribution in [0.5, 0.6) is 0 Å². The SMILES string of the molecule is Cc1ccccc1CC(=O)N1CCCC(C(=O)N2CCOCC2)C1. The Balaban J connectivity index is 1.59. The van der Waals surface area contributed by atoms with E-state index in [2.05, 4.69) is 0 Å². The number of morpholine rings is 1. The molecule has 0 aromatic heterocycles. The molecule has 0 radical (unpaired) electrons. The van der Waals surface area contributed by atoms with E-state index in [0.717, 1.165) is 30.5 Å². The third kappa shape index (κ3) is 3.96. The van der Waals surface area contributed by atoms with E-state index >= 15 is 0 Å². The number of hydrogen-bond acceptors (Lipinski definition) is 3. The van der Waals surface area contributed by atoms with Gasteiger partial charge in [-0.1, -0.05) is 24.3 Å². The van der Waals surface area contributed by atoms with E-state index in [4.69, 9.17) is 4.74 Å². The first kappa shape index (κ1) is 17.0. The molecule has 0 saturated carbocycles. The number of ether oxygens (including phenoxy) is 1. The maximum Gasteiger partial charge on any atom is 0.227 e. The van der Waals surface area contributed by atoms with E-state index in [1.54, 1.807) is 0 Å². The molecule has 0 aliphatic carbocycles. The molecule has 2 heterocycles. The van der Waals surface area contributed by atoms with Crippen LogP contribution in [0.15, 0.2) is 24.3 Å². The lowest BCUT2D eigenvalue weighted by atomic mass is 9.95. The molecule has 2 saturated heterocycles. The summed E-state index contributed by atoms with van der Waals surface area (Å²) in [5, 5.41) is 0. The Morgan fingerprint density at radius 1 is 1.12 bits per heavy atom. The monoisotopic (exact) mass is 330 g/mol. The van der Waals surface area contributed by atoms with Crippen molar-refractivity contribution in [2.24, 2.45) is 5.92 Å². The number of carbonyl (C=O) groups is 2. The van der Waals surface area contributed by atoms with Crippen molar-refractivity contribution >= 4 is 11.8 Å². The molecule has 0 bridgehead atoms. The van der Waals surface area contributed by atoms with Gasteiger partial charge in [0.25, 0.3) is 0 Å². The molecular weight excluding hydrogens is 304 g/mol. The average Bonchev–Trinajstić information content (AvgIpc) is 2.64. The number of likely N-dealkylation sites (tertiary alicyclic amines) is 1. The largest absolute Gasteiger partial charge is 0.378 e. The summed E-state index contributed by atoms with van der Waals surface area (Å²) in [5.41, 5.74) is 2.22. The summed E-state index contributed by atoms with van der Waals surface area (Å²) in [6, 6.07) is 7.99. The van der Waals surface area contributed by atoms with Crippen LogP contribution in [0, 0.1) is 12.8 Å². The number of rotatable bonds is 3. The molecule has 5 heteroatoms. The number of hydrogen-bond donors (Lipinski definition) is 0. The van der Waals surface area contributed by atoms with Gasteiger partial charge in [0.05, 0.1) is 25.6 Å². The van der Waals surface area contributed by atoms with Gasteiger partial charge in [0.1, 0.15) is 0 Å². The summed E-state index contributed by atoms with van der Waals surface area (Å²) in [4.78, 5) is 29.1. The molecule has 1 aromatic rings. The van der Waals surface area contributed by atoms with Crippen LogP contribution in [0.25, 0.3) is 0 Å². The van der Waals surface area contributed by atoms with Crippen molar-refractivity contribution in [3.63, 3.8) is 0 Å². The lowest BCUT2D eigenvalue weighted by molar-refractivity contribution is -0.143. The van der Waals surface area contributed by atoms with E-state index < -0.39 is 0 Å². The molecule has 3 rings (SSSR count). The van der Waals surface area contributed by atoms with Gasteiger partial charge in [-0.05, 0) is 30.9 Å². The lowest BCUT2D eigenvalue weighted by Crippen LogP contribution is -2.49. The van der Waals surface area contributed by atoms with E-state index in [-0.39, 0.29) is 17.7 Å². The number of piperidine rings is 1. The van der Waals surface area contributed by atoms with E-state index in [9.17, 15) is 9.59 Å². The molecular formula is C19H26N2O3. The third-order valence-corrected chi connectivity index (χ3v) is 5.05. The van der Waals surface area contributed by atoms with E-state index in [1.807, 2.05) is 41.0 Å². The maximum atomic E-state index is 12.7. The molecule has 130 valence electrons. The highest BCUT2D eigenvalue weighted by Gasteiger charge is 2.31. The Kier molecular flexibility index (Phi) is 5.51. The molecule has 0 spiro atoms. The zero-order valence-electron chi connectivity index (χ0n) is 14.4. The first-order chi connectivity index (χ1) is 11.6. The van der Waals surface area contributed by atoms with Gasteiger partial charge in [-0.25, -0.2) is 0 Å². The fraction of sp³-hybridized carbons (Fsp3) is 0.579. The van der Waals surface area contributed by atoms with Crippen molar-refractivity contribution in [1.29, 1.82) is 0 Å². The third-order valence-electron chi connectivity index (χ3n) is 5.05. The summed E-state index contributed by atoms with van der Waals surface area (Å²) in [6.45, 7) is 5.93. The lowest BCUT2D eigenvalue weighted by Gasteiger charge is -2.36. The molecule has 2 amide bonds. The zero-order chi connectivity index (χ0) is 16.9. The molecule has 1 aromatic carbocycles. The average molecular weight is 330 g/mol. The fourth-order valence-corrected chi connectivity index (χ4v) is 3.53. The highest BCUT2D eigenvalue weighted by molar-refractivity contribution is 5.82. The van der Waals surface area contributed by atoms with Crippen LogP contribution in [-0.2, 0) is 20.7 Å². The van der Waals surface area contributed by atoms with Gasteiger partial charge in [0.15, 0.2) is 0 Å². The normalized spacial score (nSPS) is 21.6.